The second-order valence-electron chi connectivity index (χ2n) is 0.986. The molecule has 0 atom stereocenters. The molecule has 0 spiro atoms. The van der Waals surface area contributed by atoms with Crippen molar-refractivity contribution in [1.82, 2.24) is 0 Å². The SMILES string of the molecule is O=C(O)OC(=O)OC(=O)O.[BaH2].[BaH2].[SrH2].[SrH2]. The van der Waals surface area contributed by atoms with Crippen LogP contribution >= 0.6 is 0 Å². The van der Waals surface area contributed by atoms with Crippen LogP contribution in [-0.4, -0.2) is 217 Å². The number of hydrogen-bond acceptors (Lipinski definition) is 5. The molecule has 0 heterocycles. The van der Waals surface area contributed by atoms with Gasteiger partial charge in [-0.25, -0.2) is 14.4 Å². The molecule has 0 aromatic carbocycles. The number of rotatable bonds is 0. The van der Waals surface area contributed by atoms with Gasteiger partial charge in [0, 0.05) is 0 Å². The van der Waals surface area contributed by atoms with Crippen LogP contribution < -0.4 is 0 Å². The molecular weight excluding hydrogens is 598 g/mol. The Morgan fingerprint density at radius 1 is 0.786 bits per heavy atom. The zero-order valence-electron chi connectivity index (χ0n) is 4.44. The zero-order chi connectivity index (χ0) is 8.15. The molecule has 0 aliphatic heterocycles. The molecule has 7 nitrogen and oxygen atoms in total. The van der Waals surface area contributed by atoms with Crippen LogP contribution in [0.25, 0.3) is 0 Å². The van der Waals surface area contributed by atoms with E-state index in [9.17, 15) is 14.4 Å². The molecule has 2 N–H and O–H groups in total. The molecule has 14 heavy (non-hydrogen) atoms. The number of carbonyl (C=O) groups is 3. The van der Waals surface area contributed by atoms with Crippen LogP contribution in [0.2, 0.25) is 0 Å². The number of carbonyl (C=O) groups excluding carboxylic acids is 1. The van der Waals surface area contributed by atoms with E-state index in [-0.39, 0.29) is 189 Å². The molecule has 72 valence electrons. The van der Waals surface area contributed by atoms with Crippen LogP contribution in [0.3, 0.4) is 0 Å². The first-order valence-corrected chi connectivity index (χ1v) is 1.88. The fraction of sp³-hybridized carbons (Fsp3) is 0. The van der Waals surface area contributed by atoms with Crippen LogP contribution in [0.5, 0.6) is 0 Å². The molecule has 0 aliphatic rings. The zero-order valence-corrected chi connectivity index (χ0v) is 4.44. The summed E-state index contributed by atoms with van der Waals surface area (Å²) in [7, 11) is 0. The number of carboxylic acid groups (broad SMARTS) is 2. The van der Waals surface area contributed by atoms with E-state index in [0.29, 0.717) is 0 Å². The Morgan fingerprint density at radius 3 is 1.14 bits per heavy atom. The average Bonchev–Trinajstić information content (AvgIpc) is 1.58. The summed E-state index contributed by atoms with van der Waals surface area (Å²) >= 11 is 0. The van der Waals surface area contributed by atoms with Crippen LogP contribution in [0, 0.1) is 0 Å². The Bertz CT molecular complexity index is 168. The van der Waals surface area contributed by atoms with Crippen molar-refractivity contribution in [1.29, 1.82) is 0 Å². The molecule has 0 amide bonds. The first-order chi connectivity index (χ1) is 4.52. The third-order valence-electron chi connectivity index (χ3n) is 0.341. The van der Waals surface area contributed by atoms with E-state index in [4.69, 9.17) is 10.2 Å². The fourth-order valence-corrected chi connectivity index (χ4v) is 0.163. The predicted octanol–water partition coefficient (Wildman–Crippen LogP) is -3.17. The molecule has 0 radical (unpaired) electrons. The predicted molar refractivity (Wildman–Crippen MR) is 57.8 cm³/mol. The third kappa shape index (κ3) is 25.2. The van der Waals surface area contributed by atoms with Crippen LogP contribution in [0.4, 0.5) is 14.4 Å². The van der Waals surface area contributed by atoms with Crippen molar-refractivity contribution in [2.45, 2.75) is 0 Å². The Balaban J connectivity index is -0.0000000675. The van der Waals surface area contributed by atoms with E-state index in [1.807, 2.05) is 0 Å². The van der Waals surface area contributed by atoms with E-state index < -0.39 is 18.5 Å². The van der Waals surface area contributed by atoms with Gasteiger partial charge in [-0.05, 0) is 0 Å². The van der Waals surface area contributed by atoms with Gasteiger partial charge in [-0.1, -0.05) is 0 Å². The fourth-order valence-electron chi connectivity index (χ4n) is 0.163. The summed E-state index contributed by atoms with van der Waals surface area (Å²) in [5.74, 6) is 0. The van der Waals surface area contributed by atoms with E-state index in [1.54, 1.807) is 0 Å². The van der Waals surface area contributed by atoms with E-state index >= 15 is 0 Å². The quantitative estimate of drug-likeness (QED) is 0.170. The maximum absolute atomic E-state index is 9.86. The van der Waals surface area contributed by atoms with Gasteiger partial charge in [0.25, 0.3) is 0 Å². The average molecular weight is 608 g/mol. The van der Waals surface area contributed by atoms with E-state index in [2.05, 4.69) is 9.47 Å². The minimum absolute atomic E-state index is 0. The standard InChI is InChI=1S/C3H2O7.2Ba.2Sr.8H/c4-1(5)9-3(8)10-2(6)7;;;;;;;;;;;;/h(H,4,5)(H,6,7);;;;;;;;;;;;. The van der Waals surface area contributed by atoms with Crippen molar-refractivity contribution >= 4 is 207 Å². The summed E-state index contributed by atoms with van der Waals surface area (Å²) in [6.07, 6.45) is -5.64. The van der Waals surface area contributed by atoms with Crippen molar-refractivity contribution in [3.63, 3.8) is 0 Å². The van der Waals surface area contributed by atoms with Gasteiger partial charge in [-0.2, -0.15) is 0 Å². The third-order valence-corrected chi connectivity index (χ3v) is 0.341. The summed E-state index contributed by atoms with van der Waals surface area (Å²) in [5, 5.41) is 15.4. The second kappa shape index (κ2) is 19.6. The Hall–Kier alpha value is 4.31. The molecule has 11 heteroatoms. The summed E-state index contributed by atoms with van der Waals surface area (Å²) in [4.78, 5) is 28.8. The monoisotopic (exact) mass is 610 g/mol. The van der Waals surface area contributed by atoms with Gasteiger partial charge in [0.1, 0.15) is 0 Å². The molecule has 0 aromatic rings. The molecule has 0 saturated heterocycles. The Labute approximate surface area is 234 Å². The van der Waals surface area contributed by atoms with E-state index in [1.165, 1.54) is 0 Å². The van der Waals surface area contributed by atoms with Gasteiger partial charge in [0.05, 0.1) is 0 Å². The first kappa shape index (κ1) is 31.0. The topological polar surface area (TPSA) is 110 Å². The summed E-state index contributed by atoms with van der Waals surface area (Å²) in [6, 6.07) is 0. The molecule has 0 unspecified atom stereocenters. The number of hydrogen-bond donors (Lipinski definition) is 2. The molecule has 0 rings (SSSR count). The van der Waals surface area contributed by atoms with Crippen molar-refractivity contribution in [2.75, 3.05) is 0 Å². The summed E-state index contributed by atoms with van der Waals surface area (Å²) in [6.45, 7) is 0. The van der Waals surface area contributed by atoms with Crippen LogP contribution in [-0.2, 0) is 9.47 Å². The first-order valence-electron chi connectivity index (χ1n) is 1.88. The van der Waals surface area contributed by atoms with E-state index in [0.717, 1.165) is 0 Å². The molecular formula is C3H10Ba2O7Sr2. The molecule has 0 aromatic heterocycles. The summed E-state index contributed by atoms with van der Waals surface area (Å²) < 4.78 is 6.47. The van der Waals surface area contributed by atoms with Gasteiger partial charge in [0.2, 0.25) is 0 Å². The number of ether oxygens (including phenoxy) is 2. The van der Waals surface area contributed by atoms with Gasteiger partial charge in [-0.3, -0.25) is 0 Å². The molecule has 0 aliphatic carbocycles. The summed E-state index contributed by atoms with van der Waals surface area (Å²) in [5.41, 5.74) is 0. The Kier molecular flexibility index (Phi) is 43.5. The normalized spacial score (nSPS) is 5.71. The van der Waals surface area contributed by atoms with Crippen molar-refractivity contribution in [3.8, 4) is 0 Å². The van der Waals surface area contributed by atoms with Crippen LogP contribution in [0.1, 0.15) is 0 Å². The second-order valence-corrected chi connectivity index (χ2v) is 0.986. The maximum atomic E-state index is 9.86. The Morgan fingerprint density at radius 2 is 1.00 bits per heavy atom. The van der Waals surface area contributed by atoms with Gasteiger partial charge in [-0.15, -0.1) is 0 Å². The van der Waals surface area contributed by atoms with Gasteiger partial charge in [0.15, 0.2) is 0 Å². The van der Waals surface area contributed by atoms with Crippen molar-refractivity contribution in [3.05, 3.63) is 0 Å². The van der Waals surface area contributed by atoms with Crippen molar-refractivity contribution in [2.24, 2.45) is 0 Å². The van der Waals surface area contributed by atoms with Gasteiger partial charge >= 0.3 is 207 Å². The van der Waals surface area contributed by atoms with Crippen molar-refractivity contribution < 1.29 is 34.1 Å². The molecule has 0 fully saturated rings. The molecule has 0 bridgehead atoms. The van der Waals surface area contributed by atoms with Crippen LogP contribution in [0.15, 0.2) is 0 Å². The minimum atomic E-state index is -1.92. The van der Waals surface area contributed by atoms with Gasteiger partial charge < -0.3 is 19.7 Å². The molecule has 0 saturated carbocycles.